The first-order valence-corrected chi connectivity index (χ1v) is 9.11. The van der Waals surface area contributed by atoms with E-state index in [4.69, 9.17) is 4.74 Å². The standard InChI is InChI=1S/C19H17N3O4S/c1-3-26-15-7-4-13(5-8-15)16-11-27-19(20-16)21-18(23)14-6-9-17(22(24)25)12(2)10-14/h4-11H,3H2,1-2H3,(H,20,21,23). The zero-order chi connectivity index (χ0) is 19.4. The van der Waals surface area contributed by atoms with Crippen molar-refractivity contribution in [3.05, 3.63) is 69.1 Å². The molecule has 0 saturated carbocycles. The minimum Gasteiger partial charge on any atom is -0.494 e. The number of benzene rings is 2. The van der Waals surface area contributed by atoms with E-state index in [1.807, 2.05) is 36.6 Å². The van der Waals surface area contributed by atoms with Crippen molar-refractivity contribution in [2.45, 2.75) is 13.8 Å². The first-order valence-electron chi connectivity index (χ1n) is 8.23. The highest BCUT2D eigenvalue weighted by Gasteiger charge is 2.15. The molecule has 0 spiro atoms. The number of amides is 1. The maximum atomic E-state index is 12.4. The van der Waals surface area contributed by atoms with Crippen molar-refractivity contribution in [3.8, 4) is 17.0 Å². The molecule has 0 bridgehead atoms. The summed E-state index contributed by atoms with van der Waals surface area (Å²) in [5.74, 6) is 0.430. The van der Waals surface area contributed by atoms with Crippen molar-refractivity contribution >= 4 is 28.1 Å². The second-order valence-corrected chi connectivity index (χ2v) is 6.57. The third kappa shape index (κ3) is 4.29. The van der Waals surface area contributed by atoms with Crippen LogP contribution in [0.3, 0.4) is 0 Å². The lowest BCUT2D eigenvalue weighted by molar-refractivity contribution is -0.385. The summed E-state index contributed by atoms with van der Waals surface area (Å²) in [6, 6.07) is 11.8. The summed E-state index contributed by atoms with van der Waals surface area (Å²) in [4.78, 5) is 27.2. The summed E-state index contributed by atoms with van der Waals surface area (Å²) in [5, 5.41) is 15.9. The summed E-state index contributed by atoms with van der Waals surface area (Å²) in [6.45, 7) is 4.13. The Labute approximate surface area is 159 Å². The fourth-order valence-corrected chi connectivity index (χ4v) is 3.24. The highest BCUT2D eigenvalue weighted by molar-refractivity contribution is 7.14. The van der Waals surface area contributed by atoms with Gasteiger partial charge in [0.2, 0.25) is 0 Å². The largest absolute Gasteiger partial charge is 0.494 e. The van der Waals surface area contributed by atoms with Gasteiger partial charge in [-0.2, -0.15) is 0 Å². The van der Waals surface area contributed by atoms with E-state index >= 15 is 0 Å². The van der Waals surface area contributed by atoms with Gasteiger partial charge in [0.1, 0.15) is 5.75 Å². The van der Waals surface area contributed by atoms with Crippen molar-refractivity contribution < 1.29 is 14.5 Å². The Bertz CT molecular complexity index is 983. The van der Waals surface area contributed by atoms with E-state index in [2.05, 4.69) is 10.3 Å². The molecule has 0 saturated heterocycles. The summed E-state index contributed by atoms with van der Waals surface area (Å²) >= 11 is 1.31. The topological polar surface area (TPSA) is 94.4 Å². The third-order valence-corrected chi connectivity index (χ3v) is 4.60. The molecule has 1 amide bonds. The number of aryl methyl sites for hydroxylation is 1. The first kappa shape index (κ1) is 18.5. The van der Waals surface area contributed by atoms with E-state index in [-0.39, 0.29) is 11.6 Å². The first-order chi connectivity index (χ1) is 13.0. The molecule has 0 aliphatic carbocycles. The number of nitro groups is 1. The Kier molecular flexibility index (Phi) is 5.46. The molecule has 0 aliphatic rings. The molecule has 8 heteroatoms. The van der Waals surface area contributed by atoms with Crippen LogP contribution < -0.4 is 10.1 Å². The van der Waals surface area contributed by atoms with Gasteiger partial charge in [0.05, 0.1) is 17.2 Å². The van der Waals surface area contributed by atoms with E-state index in [1.54, 1.807) is 6.92 Å². The van der Waals surface area contributed by atoms with Crippen LogP contribution in [0.1, 0.15) is 22.8 Å². The van der Waals surface area contributed by atoms with Gasteiger partial charge >= 0.3 is 0 Å². The van der Waals surface area contributed by atoms with Crippen molar-refractivity contribution in [1.82, 2.24) is 4.98 Å². The number of nitrogens with zero attached hydrogens (tertiary/aromatic N) is 2. The van der Waals surface area contributed by atoms with Gasteiger partial charge in [-0.25, -0.2) is 4.98 Å². The van der Waals surface area contributed by atoms with Gasteiger partial charge in [0.25, 0.3) is 11.6 Å². The Morgan fingerprint density at radius 2 is 2.00 bits per heavy atom. The van der Waals surface area contributed by atoms with Gasteiger partial charge in [-0.1, -0.05) is 0 Å². The average molecular weight is 383 g/mol. The molecule has 3 rings (SSSR count). The van der Waals surface area contributed by atoms with Crippen LogP contribution in [0.25, 0.3) is 11.3 Å². The van der Waals surface area contributed by atoms with E-state index in [0.29, 0.717) is 22.9 Å². The molecule has 1 N–H and O–H groups in total. The maximum Gasteiger partial charge on any atom is 0.272 e. The van der Waals surface area contributed by atoms with Crippen LogP contribution in [-0.4, -0.2) is 22.4 Å². The van der Waals surface area contributed by atoms with Crippen LogP contribution in [0.15, 0.2) is 47.8 Å². The number of aromatic nitrogens is 1. The molecule has 3 aromatic rings. The summed E-state index contributed by atoms with van der Waals surface area (Å²) < 4.78 is 5.42. The van der Waals surface area contributed by atoms with E-state index in [0.717, 1.165) is 17.0 Å². The zero-order valence-corrected chi connectivity index (χ0v) is 15.6. The SMILES string of the molecule is CCOc1ccc(-c2csc(NC(=O)c3ccc([N+](=O)[O-])c(C)c3)n2)cc1. The van der Waals surface area contributed by atoms with Gasteiger partial charge in [0.15, 0.2) is 5.13 Å². The second-order valence-electron chi connectivity index (χ2n) is 5.71. The smallest absolute Gasteiger partial charge is 0.272 e. The summed E-state index contributed by atoms with van der Waals surface area (Å²) in [5.41, 5.74) is 2.43. The molecule has 0 unspecified atom stereocenters. The second kappa shape index (κ2) is 7.96. The highest BCUT2D eigenvalue weighted by Crippen LogP contribution is 2.27. The molecule has 2 aromatic carbocycles. The average Bonchev–Trinajstić information content (AvgIpc) is 3.10. The predicted molar refractivity (Wildman–Crippen MR) is 105 cm³/mol. The lowest BCUT2D eigenvalue weighted by atomic mass is 10.1. The number of ether oxygens (including phenoxy) is 1. The zero-order valence-electron chi connectivity index (χ0n) is 14.8. The van der Waals surface area contributed by atoms with Crippen LogP contribution in [-0.2, 0) is 0 Å². The number of carbonyl (C=O) groups excluding carboxylic acids is 1. The number of carbonyl (C=O) groups is 1. The minimum atomic E-state index is -0.471. The highest BCUT2D eigenvalue weighted by atomic mass is 32.1. The van der Waals surface area contributed by atoms with Crippen molar-refractivity contribution in [3.63, 3.8) is 0 Å². The molecule has 138 valence electrons. The molecule has 0 fully saturated rings. The van der Waals surface area contributed by atoms with Gasteiger partial charge in [-0.3, -0.25) is 20.2 Å². The fraction of sp³-hybridized carbons (Fsp3) is 0.158. The quantitative estimate of drug-likeness (QED) is 0.493. The number of hydrogen-bond acceptors (Lipinski definition) is 6. The van der Waals surface area contributed by atoms with Gasteiger partial charge < -0.3 is 4.74 Å². The van der Waals surface area contributed by atoms with Crippen LogP contribution in [0.5, 0.6) is 5.75 Å². The molecule has 0 atom stereocenters. The number of thiazole rings is 1. The van der Waals surface area contributed by atoms with Crippen LogP contribution in [0.2, 0.25) is 0 Å². The van der Waals surface area contributed by atoms with Crippen molar-refractivity contribution in [2.75, 3.05) is 11.9 Å². The van der Waals surface area contributed by atoms with Crippen LogP contribution >= 0.6 is 11.3 Å². The predicted octanol–water partition coefficient (Wildman–Crippen LogP) is 4.68. The lowest BCUT2D eigenvalue weighted by Crippen LogP contribution is -2.12. The van der Waals surface area contributed by atoms with Crippen molar-refractivity contribution in [1.29, 1.82) is 0 Å². The van der Waals surface area contributed by atoms with E-state index < -0.39 is 4.92 Å². The molecule has 0 radical (unpaired) electrons. The number of anilines is 1. The van der Waals surface area contributed by atoms with E-state index in [9.17, 15) is 14.9 Å². The number of rotatable bonds is 6. The minimum absolute atomic E-state index is 0.0152. The monoisotopic (exact) mass is 383 g/mol. The summed E-state index contributed by atoms with van der Waals surface area (Å²) in [6.07, 6.45) is 0. The van der Waals surface area contributed by atoms with Crippen molar-refractivity contribution in [2.24, 2.45) is 0 Å². The van der Waals surface area contributed by atoms with E-state index in [1.165, 1.54) is 29.5 Å². The van der Waals surface area contributed by atoms with Gasteiger partial charge in [-0.05, 0) is 50.2 Å². The van der Waals surface area contributed by atoms with Crippen LogP contribution in [0, 0.1) is 17.0 Å². The molecule has 27 heavy (non-hydrogen) atoms. The van der Waals surface area contributed by atoms with Gasteiger partial charge in [0, 0.05) is 28.1 Å². The normalized spacial score (nSPS) is 10.4. The fourth-order valence-electron chi connectivity index (χ4n) is 2.52. The Morgan fingerprint density at radius 3 is 2.63 bits per heavy atom. The Morgan fingerprint density at radius 1 is 1.26 bits per heavy atom. The Hall–Kier alpha value is -3.26. The number of nitrogens with one attached hydrogen (secondary N) is 1. The molecule has 7 nitrogen and oxygen atoms in total. The molecule has 1 heterocycles. The summed E-state index contributed by atoms with van der Waals surface area (Å²) in [7, 11) is 0. The molecular formula is C19H17N3O4S. The van der Waals surface area contributed by atoms with Crippen LogP contribution in [0.4, 0.5) is 10.8 Å². The molecular weight excluding hydrogens is 366 g/mol. The molecule has 1 aromatic heterocycles. The molecule has 0 aliphatic heterocycles. The third-order valence-electron chi connectivity index (χ3n) is 3.84. The Balaban J connectivity index is 1.72. The number of hydrogen-bond donors (Lipinski definition) is 1. The van der Waals surface area contributed by atoms with Gasteiger partial charge in [-0.15, -0.1) is 11.3 Å². The lowest BCUT2D eigenvalue weighted by Gasteiger charge is -2.04. The maximum absolute atomic E-state index is 12.4. The number of nitro benzene ring substituents is 1.